The standard InChI is InChI=1S/C16H17NO3/c1-12(2)8-9-20-15-7-5-4-6-13(15)10-14(11-17)16(18)19-3/h4-8,10H,9H2,1-3H3/b14-10+. The molecule has 0 fully saturated rings. The zero-order valence-electron chi connectivity index (χ0n) is 11.8. The highest BCUT2D eigenvalue weighted by Gasteiger charge is 2.10. The zero-order chi connectivity index (χ0) is 15.0. The monoisotopic (exact) mass is 271 g/mol. The lowest BCUT2D eigenvalue weighted by atomic mass is 10.1. The average Bonchev–Trinajstić information content (AvgIpc) is 2.45. The van der Waals surface area contributed by atoms with Crippen LogP contribution in [0, 0.1) is 11.3 Å². The van der Waals surface area contributed by atoms with Crippen molar-refractivity contribution in [2.24, 2.45) is 0 Å². The van der Waals surface area contributed by atoms with Gasteiger partial charge in [0.25, 0.3) is 0 Å². The van der Waals surface area contributed by atoms with Crippen LogP contribution in [0.2, 0.25) is 0 Å². The zero-order valence-corrected chi connectivity index (χ0v) is 11.8. The van der Waals surface area contributed by atoms with Crippen molar-refractivity contribution in [2.75, 3.05) is 13.7 Å². The van der Waals surface area contributed by atoms with Crippen LogP contribution >= 0.6 is 0 Å². The Labute approximate surface area is 118 Å². The van der Waals surface area contributed by atoms with Crippen LogP contribution in [0.1, 0.15) is 19.4 Å². The molecule has 4 nitrogen and oxygen atoms in total. The van der Waals surface area contributed by atoms with Gasteiger partial charge in [-0.25, -0.2) is 4.79 Å². The molecule has 20 heavy (non-hydrogen) atoms. The van der Waals surface area contributed by atoms with Gasteiger partial charge in [0, 0.05) is 5.56 Å². The van der Waals surface area contributed by atoms with Gasteiger partial charge < -0.3 is 9.47 Å². The molecule has 1 aromatic rings. The Morgan fingerprint density at radius 1 is 1.35 bits per heavy atom. The number of hydrogen-bond donors (Lipinski definition) is 0. The van der Waals surface area contributed by atoms with E-state index in [9.17, 15) is 4.79 Å². The molecule has 104 valence electrons. The maximum Gasteiger partial charge on any atom is 0.348 e. The van der Waals surface area contributed by atoms with E-state index in [-0.39, 0.29) is 5.57 Å². The van der Waals surface area contributed by atoms with E-state index in [1.54, 1.807) is 12.1 Å². The average molecular weight is 271 g/mol. The van der Waals surface area contributed by atoms with Crippen LogP contribution in [-0.2, 0) is 9.53 Å². The highest BCUT2D eigenvalue weighted by Crippen LogP contribution is 2.21. The van der Waals surface area contributed by atoms with Crippen LogP contribution in [0.5, 0.6) is 5.75 Å². The van der Waals surface area contributed by atoms with Crippen molar-refractivity contribution < 1.29 is 14.3 Å². The SMILES string of the molecule is COC(=O)/C(C#N)=C/c1ccccc1OCC=C(C)C. The first-order chi connectivity index (χ1) is 9.58. The molecule has 0 atom stereocenters. The Morgan fingerprint density at radius 2 is 2.05 bits per heavy atom. The second-order valence-electron chi connectivity index (χ2n) is 4.29. The molecule has 1 aromatic carbocycles. The highest BCUT2D eigenvalue weighted by atomic mass is 16.5. The third-order valence-corrected chi connectivity index (χ3v) is 2.48. The van der Waals surface area contributed by atoms with Crippen molar-refractivity contribution in [1.82, 2.24) is 0 Å². The van der Waals surface area contributed by atoms with Crippen LogP contribution in [-0.4, -0.2) is 19.7 Å². The number of ether oxygens (including phenoxy) is 2. The van der Waals surface area contributed by atoms with E-state index in [1.165, 1.54) is 13.2 Å². The molecule has 0 saturated carbocycles. The molecule has 0 spiro atoms. The second kappa shape index (κ2) is 7.80. The van der Waals surface area contributed by atoms with Gasteiger partial charge in [0.1, 0.15) is 24.0 Å². The lowest BCUT2D eigenvalue weighted by Gasteiger charge is -2.07. The van der Waals surface area contributed by atoms with E-state index < -0.39 is 5.97 Å². The summed E-state index contributed by atoms with van der Waals surface area (Å²) < 4.78 is 10.2. The van der Waals surface area contributed by atoms with Crippen LogP contribution in [0.3, 0.4) is 0 Å². The summed E-state index contributed by atoms with van der Waals surface area (Å²) in [5.74, 6) is -0.0479. The summed E-state index contributed by atoms with van der Waals surface area (Å²) in [4.78, 5) is 11.4. The summed E-state index contributed by atoms with van der Waals surface area (Å²) in [6.45, 7) is 4.41. The third-order valence-electron chi connectivity index (χ3n) is 2.48. The van der Waals surface area contributed by atoms with Crippen LogP contribution < -0.4 is 4.74 Å². The number of benzene rings is 1. The normalized spacial score (nSPS) is 10.4. The number of nitriles is 1. The summed E-state index contributed by atoms with van der Waals surface area (Å²) in [5, 5.41) is 8.96. The number of nitrogens with zero attached hydrogens (tertiary/aromatic N) is 1. The highest BCUT2D eigenvalue weighted by molar-refractivity contribution is 5.98. The minimum Gasteiger partial charge on any atom is -0.489 e. The summed E-state index contributed by atoms with van der Waals surface area (Å²) in [6, 6.07) is 9.03. The molecule has 0 aliphatic heterocycles. The Morgan fingerprint density at radius 3 is 2.65 bits per heavy atom. The molecule has 0 amide bonds. The number of allylic oxidation sites excluding steroid dienone is 1. The van der Waals surface area contributed by atoms with E-state index >= 15 is 0 Å². The fourth-order valence-corrected chi connectivity index (χ4v) is 1.43. The van der Waals surface area contributed by atoms with E-state index in [0.717, 1.165) is 5.57 Å². The Hall–Kier alpha value is -2.54. The molecule has 0 aliphatic carbocycles. The van der Waals surface area contributed by atoms with Crippen molar-refractivity contribution in [3.05, 3.63) is 47.1 Å². The summed E-state index contributed by atoms with van der Waals surface area (Å²) in [5.41, 5.74) is 1.76. The molecule has 0 aromatic heterocycles. The first-order valence-corrected chi connectivity index (χ1v) is 6.13. The Balaban J connectivity index is 3.01. The first kappa shape index (κ1) is 15.5. The van der Waals surface area contributed by atoms with Gasteiger partial charge in [-0.05, 0) is 32.1 Å². The predicted molar refractivity (Wildman–Crippen MR) is 77.0 cm³/mol. The molecule has 1 rings (SSSR count). The Kier molecular flexibility index (Phi) is 6.05. The van der Waals surface area contributed by atoms with E-state index in [2.05, 4.69) is 4.74 Å². The van der Waals surface area contributed by atoms with Crippen molar-refractivity contribution in [3.63, 3.8) is 0 Å². The number of methoxy groups -OCH3 is 1. The van der Waals surface area contributed by atoms with Crippen LogP contribution in [0.4, 0.5) is 0 Å². The van der Waals surface area contributed by atoms with Gasteiger partial charge in [0.15, 0.2) is 0 Å². The van der Waals surface area contributed by atoms with Gasteiger partial charge in [-0.2, -0.15) is 5.26 Å². The molecule has 0 radical (unpaired) electrons. The van der Waals surface area contributed by atoms with E-state index in [4.69, 9.17) is 10.00 Å². The number of carbonyl (C=O) groups excluding carboxylic acids is 1. The predicted octanol–water partition coefficient (Wildman–Crippen LogP) is 3.11. The maximum atomic E-state index is 11.4. The minimum absolute atomic E-state index is 0.0641. The van der Waals surface area contributed by atoms with E-state index in [1.807, 2.05) is 38.1 Å². The molecule has 4 heteroatoms. The molecule has 0 saturated heterocycles. The molecular weight excluding hydrogens is 254 g/mol. The van der Waals surface area contributed by atoms with Gasteiger partial charge in [0.05, 0.1) is 7.11 Å². The number of hydrogen-bond acceptors (Lipinski definition) is 4. The number of esters is 1. The van der Waals surface area contributed by atoms with Gasteiger partial charge >= 0.3 is 5.97 Å². The van der Waals surface area contributed by atoms with Gasteiger partial charge in [-0.1, -0.05) is 23.8 Å². The topological polar surface area (TPSA) is 59.3 Å². The maximum absolute atomic E-state index is 11.4. The Bertz CT molecular complexity index is 576. The second-order valence-corrected chi connectivity index (χ2v) is 4.29. The van der Waals surface area contributed by atoms with Gasteiger partial charge in [-0.15, -0.1) is 0 Å². The van der Waals surface area contributed by atoms with Crippen molar-refractivity contribution in [1.29, 1.82) is 5.26 Å². The fraction of sp³-hybridized carbons (Fsp3) is 0.250. The summed E-state index contributed by atoms with van der Waals surface area (Å²) in [7, 11) is 1.24. The molecule has 0 heterocycles. The summed E-state index contributed by atoms with van der Waals surface area (Å²) in [6.07, 6.45) is 3.41. The molecule has 0 N–H and O–H groups in total. The van der Waals surface area contributed by atoms with Gasteiger partial charge in [-0.3, -0.25) is 0 Å². The van der Waals surface area contributed by atoms with Crippen molar-refractivity contribution in [3.8, 4) is 11.8 Å². The molecule has 0 aliphatic rings. The lowest BCUT2D eigenvalue weighted by Crippen LogP contribution is -2.03. The number of para-hydroxylation sites is 1. The fourth-order valence-electron chi connectivity index (χ4n) is 1.43. The van der Waals surface area contributed by atoms with Gasteiger partial charge in [0.2, 0.25) is 0 Å². The molecular formula is C16H17NO3. The number of rotatable bonds is 5. The molecule has 0 unspecified atom stereocenters. The number of carbonyl (C=O) groups is 1. The lowest BCUT2D eigenvalue weighted by molar-refractivity contribution is -0.135. The minimum atomic E-state index is -0.661. The first-order valence-electron chi connectivity index (χ1n) is 6.13. The van der Waals surface area contributed by atoms with E-state index in [0.29, 0.717) is 17.9 Å². The van der Waals surface area contributed by atoms with Crippen molar-refractivity contribution >= 4 is 12.0 Å². The summed E-state index contributed by atoms with van der Waals surface area (Å²) >= 11 is 0. The largest absolute Gasteiger partial charge is 0.489 e. The van der Waals surface area contributed by atoms with Crippen LogP contribution in [0.25, 0.3) is 6.08 Å². The van der Waals surface area contributed by atoms with Crippen LogP contribution in [0.15, 0.2) is 41.5 Å². The molecule has 0 bridgehead atoms. The third kappa shape index (κ3) is 4.62. The van der Waals surface area contributed by atoms with Crippen molar-refractivity contribution in [2.45, 2.75) is 13.8 Å². The quantitative estimate of drug-likeness (QED) is 0.357. The smallest absolute Gasteiger partial charge is 0.348 e.